The maximum atomic E-state index is 14.1. The summed E-state index contributed by atoms with van der Waals surface area (Å²) in [5.74, 6) is 1.33. The molecule has 4 bridgehead atoms. The van der Waals surface area contributed by atoms with Gasteiger partial charge in [0.15, 0.2) is 0 Å². The zero-order valence-corrected chi connectivity index (χ0v) is 18.7. The first-order chi connectivity index (χ1) is 14.3. The minimum Gasteiger partial charge on any atom is -0.488 e. The van der Waals surface area contributed by atoms with Gasteiger partial charge in [0.2, 0.25) is 0 Å². The zero-order chi connectivity index (χ0) is 21.0. The molecular weight excluding hydrogens is 397 g/mol. The molecule has 4 aliphatic carbocycles. The number of para-hydroxylation sites is 1. The van der Waals surface area contributed by atoms with Crippen molar-refractivity contribution in [3.05, 3.63) is 64.4 Å². The quantitative estimate of drug-likeness (QED) is 0.541. The van der Waals surface area contributed by atoms with E-state index in [1.165, 1.54) is 44.6 Å². The lowest BCUT2D eigenvalue weighted by atomic mass is 9.43. The predicted octanol–water partition coefficient (Wildman–Crippen LogP) is 6.90. The normalized spacial score (nSPS) is 34.3. The second kappa shape index (κ2) is 7.24. The minimum absolute atomic E-state index is 0.131. The summed E-state index contributed by atoms with van der Waals surface area (Å²) < 4.78 is 20.2. The van der Waals surface area contributed by atoms with E-state index in [9.17, 15) is 4.39 Å². The van der Waals surface area contributed by atoms with Gasteiger partial charge in [-0.2, -0.15) is 0 Å². The van der Waals surface area contributed by atoms with Gasteiger partial charge in [0, 0.05) is 23.2 Å². The Balaban J connectivity index is 1.31. The SMILES string of the molecule is C[C@]12CC3CC(NCc4ccccc4OCc4c(F)cccc4Cl)(C1)C[C@@](C)(C3)C2. The molecule has 2 aromatic carbocycles. The van der Waals surface area contributed by atoms with Crippen molar-refractivity contribution in [1.29, 1.82) is 0 Å². The Labute approximate surface area is 184 Å². The molecule has 6 rings (SSSR count). The van der Waals surface area contributed by atoms with Gasteiger partial charge >= 0.3 is 0 Å². The average molecular weight is 428 g/mol. The van der Waals surface area contributed by atoms with E-state index in [1.807, 2.05) is 18.2 Å². The monoisotopic (exact) mass is 427 g/mol. The molecule has 4 atom stereocenters. The lowest BCUT2D eigenvalue weighted by Crippen LogP contribution is -2.63. The van der Waals surface area contributed by atoms with Crippen LogP contribution in [0.4, 0.5) is 4.39 Å². The van der Waals surface area contributed by atoms with Crippen LogP contribution < -0.4 is 10.1 Å². The lowest BCUT2D eigenvalue weighted by molar-refractivity contribution is -0.118. The number of hydrogen-bond donors (Lipinski definition) is 1. The van der Waals surface area contributed by atoms with E-state index in [2.05, 4.69) is 25.2 Å². The van der Waals surface area contributed by atoms with Gasteiger partial charge in [0.05, 0.1) is 5.02 Å². The predicted molar refractivity (Wildman–Crippen MR) is 119 cm³/mol. The van der Waals surface area contributed by atoms with Crippen LogP contribution >= 0.6 is 11.6 Å². The van der Waals surface area contributed by atoms with E-state index >= 15 is 0 Å². The summed E-state index contributed by atoms with van der Waals surface area (Å²) in [4.78, 5) is 0. The molecule has 2 unspecified atom stereocenters. The summed E-state index contributed by atoms with van der Waals surface area (Å²) in [6.07, 6.45) is 8.03. The first-order valence-corrected chi connectivity index (χ1v) is 11.5. The lowest BCUT2D eigenvalue weighted by Gasteiger charge is -2.65. The van der Waals surface area contributed by atoms with Crippen LogP contribution in [0.5, 0.6) is 5.75 Å². The molecule has 4 fully saturated rings. The molecule has 0 aromatic heterocycles. The number of ether oxygens (including phenoxy) is 1. The van der Waals surface area contributed by atoms with Crippen LogP contribution in [0, 0.1) is 22.6 Å². The van der Waals surface area contributed by atoms with Crippen molar-refractivity contribution < 1.29 is 9.13 Å². The third-order valence-electron chi connectivity index (χ3n) is 7.69. The summed E-state index contributed by atoms with van der Waals surface area (Å²) in [7, 11) is 0. The molecule has 1 N–H and O–H groups in total. The molecule has 0 saturated heterocycles. The van der Waals surface area contributed by atoms with Gasteiger partial charge in [0.1, 0.15) is 18.2 Å². The van der Waals surface area contributed by atoms with Crippen molar-refractivity contribution in [2.75, 3.05) is 0 Å². The first kappa shape index (κ1) is 20.3. The fourth-order valence-electron chi connectivity index (χ4n) is 7.54. The Hall–Kier alpha value is -1.58. The Morgan fingerprint density at radius 3 is 2.43 bits per heavy atom. The fourth-order valence-corrected chi connectivity index (χ4v) is 7.76. The van der Waals surface area contributed by atoms with Crippen molar-refractivity contribution in [1.82, 2.24) is 5.32 Å². The number of hydrogen-bond acceptors (Lipinski definition) is 2. The van der Waals surface area contributed by atoms with Gasteiger partial charge < -0.3 is 10.1 Å². The molecule has 4 aliphatic rings. The highest BCUT2D eigenvalue weighted by molar-refractivity contribution is 6.31. The molecule has 4 heteroatoms. The Kier molecular flexibility index (Phi) is 4.91. The fraction of sp³-hybridized carbons (Fsp3) is 0.538. The average Bonchev–Trinajstić information content (AvgIpc) is 2.64. The van der Waals surface area contributed by atoms with Crippen molar-refractivity contribution in [3.63, 3.8) is 0 Å². The van der Waals surface area contributed by atoms with E-state index in [0.717, 1.165) is 23.8 Å². The van der Waals surface area contributed by atoms with Gasteiger partial charge in [-0.25, -0.2) is 4.39 Å². The Morgan fingerprint density at radius 2 is 1.73 bits per heavy atom. The standard InChI is InChI=1S/C26H31ClFNO/c1-24-10-18-11-25(2,15-24)17-26(12-18,16-24)29-13-19-6-3-4-9-23(19)30-14-20-21(27)7-5-8-22(20)28/h3-9,18,29H,10-17H2,1-2H3/t18?,24-,25+,26?. The summed E-state index contributed by atoms with van der Waals surface area (Å²) in [6.45, 7) is 5.91. The highest BCUT2D eigenvalue weighted by Crippen LogP contribution is 2.66. The highest BCUT2D eigenvalue weighted by atomic mass is 35.5. The molecule has 4 saturated carbocycles. The van der Waals surface area contributed by atoms with Gasteiger partial charge in [-0.05, 0) is 73.5 Å². The Morgan fingerprint density at radius 1 is 1.00 bits per heavy atom. The summed E-state index contributed by atoms with van der Waals surface area (Å²) >= 11 is 6.17. The maximum absolute atomic E-state index is 14.1. The van der Waals surface area contributed by atoms with Crippen LogP contribution in [-0.4, -0.2) is 5.54 Å². The van der Waals surface area contributed by atoms with Gasteiger partial charge in [0.25, 0.3) is 0 Å². The van der Waals surface area contributed by atoms with Gasteiger partial charge in [-0.15, -0.1) is 0 Å². The van der Waals surface area contributed by atoms with E-state index in [0.29, 0.717) is 21.4 Å². The van der Waals surface area contributed by atoms with Crippen LogP contribution in [0.3, 0.4) is 0 Å². The van der Waals surface area contributed by atoms with Crippen molar-refractivity contribution >= 4 is 11.6 Å². The first-order valence-electron chi connectivity index (χ1n) is 11.2. The molecule has 0 aliphatic heterocycles. The van der Waals surface area contributed by atoms with E-state index in [1.54, 1.807) is 12.1 Å². The molecule has 0 spiro atoms. The molecule has 0 radical (unpaired) electrons. The van der Waals surface area contributed by atoms with Crippen LogP contribution in [0.15, 0.2) is 42.5 Å². The van der Waals surface area contributed by atoms with Crippen LogP contribution in [-0.2, 0) is 13.2 Å². The van der Waals surface area contributed by atoms with Crippen LogP contribution in [0.1, 0.15) is 63.5 Å². The van der Waals surface area contributed by atoms with Crippen LogP contribution in [0.25, 0.3) is 0 Å². The number of benzene rings is 2. The van der Waals surface area contributed by atoms with E-state index in [-0.39, 0.29) is 18.0 Å². The third kappa shape index (κ3) is 3.76. The number of nitrogens with one attached hydrogen (secondary N) is 1. The van der Waals surface area contributed by atoms with Crippen molar-refractivity contribution in [3.8, 4) is 5.75 Å². The van der Waals surface area contributed by atoms with Crippen molar-refractivity contribution in [2.24, 2.45) is 16.7 Å². The second-order valence-corrected chi connectivity index (χ2v) is 11.3. The van der Waals surface area contributed by atoms with Gasteiger partial charge in [-0.1, -0.05) is 49.7 Å². The highest BCUT2D eigenvalue weighted by Gasteiger charge is 2.59. The summed E-state index contributed by atoms with van der Waals surface area (Å²) in [5.41, 5.74) is 2.74. The number of halogens is 2. The maximum Gasteiger partial charge on any atom is 0.131 e. The smallest absolute Gasteiger partial charge is 0.131 e. The van der Waals surface area contributed by atoms with Crippen LogP contribution in [0.2, 0.25) is 5.02 Å². The molecule has 0 amide bonds. The molecule has 0 heterocycles. The number of rotatable bonds is 6. The van der Waals surface area contributed by atoms with Gasteiger partial charge in [-0.3, -0.25) is 0 Å². The van der Waals surface area contributed by atoms with E-state index < -0.39 is 0 Å². The molecular formula is C26H31ClFNO. The molecule has 2 nitrogen and oxygen atoms in total. The molecule has 2 aromatic rings. The second-order valence-electron chi connectivity index (χ2n) is 10.9. The topological polar surface area (TPSA) is 21.3 Å². The van der Waals surface area contributed by atoms with E-state index in [4.69, 9.17) is 16.3 Å². The molecule has 30 heavy (non-hydrogen) atoms. The minimum atomic E-state index is -0.326. The third-order valence-corrected chi connectivity index (χ3v) is 8.04. The summed E-state index contributed by atoms with van der Waals surface area (Å²) in [5, 5.41) is 4.38. The Bertz CT molecular complexity index is 922. The largest absolute Gasteiger partial charge is 0.488 e. The molecule has 160 valence electrons. The van der Waals surface area contributed by atoms with Crippen molar-refractivity contribution in [2.45, 2.75) is 71.1 Å². The zero-order valence-electron chi connectivity index (χ0n) is 17.9. The summed E-state index contributed by atoms with van der Waals surface area (Å²) in [6, 6.07) is 12.8.